The van der Waals surface area contributed by atoms with Crippen LogP contribution in [0.4, 0.5) is 0 Å². The molecule has 2 nitrogen and oxygen atoms in total. The standard InChI is InChI=1S/C9H10N2S2/c10-3-6-13-9-7-2-5-12-8(7)1-4-11-9/h1-2,4-5H,3,6,10H2. The number of hydrogen-bond donors (Lipinski definition) is 1. The van der Waals surface area contributed by atoms with E-state index in [2.05, 4.69) is 16.4 Å². The molecule has 0 saturated heterocycles. The van der Waals surface area contributed by atoms with E-state index in [4.69, 9.17) is 5.73 Å². The molecule has 0 fully saturated rings. The van der Waals surface area contributed by atoms with Crippen LogP contribution in [-0.2, 0) is 0 Å². The van der Waals surface area contributed by atoms with Gasteiger partial charge in [-0.3, -0.25) is 0 Å². The van der Waals surface area contributed by atoms with Crippen LogP contribution in [-0.4, -0.2) is 17.3 Å². The highest BCUT2D eigenvalue weighted by molar-refractivity contribution is 7.99. The summed E-state index contributed by atoms with van der Waals surface area (Å²) < 4.78 is 1.30. The second-order valence-electron chi connectivity index (χ2n) is 2.59. The first kappa shape index (κ1) is 8.99. The van der Waals surface area contributed by atoms with Crippen LogP contribution in [0.5, 0.6) is 0 Å². The van der Waals surface area contributed by atoms with Gasteiger partial charge in [-0.1, -0.05) is 0 Å². The average molecular weight is 210 g/mol. The summed E-state index contributed by atoms with van der Waals surface area (Å²) in [5.41, 5.74) is 5.45. The van der Waals surface area contributed by atoms with Crippen molar-refractivity contribution >= 4 is 33.2 Å². The number of nitrogens with zero attached hydrogens (tertiary/aromatic N) is 1. The molecule has 2 heterocycles. The van der Waals surface area contributed by atoms with Crippen molar-refractivity contribution in [2.45, 2.75) is 5.03 Å². The SMILES string of the molecule is NCCSc1nccc2sccc12. The Hall–Kier alpha value is -0.580. The number of pyridine rings is 1. The molecular formula is C9H10N2S2. The number of thioether (sulfide) groups is 1. The normalized spacial score (nSPS) is 10.8. The third-order valence-corrected chi connectivity index (χ3v) is 3.62. The number of rotatable bonds is 3. The van der Waals surface area contributed by atoms with Gasteiger partial charge in [0.2, 0.25) is 0 Å². The molecule has 0 amide bonds. The van der Waals surface area contributed by atoms with Crippen LogP contribution >= 0.6 is 23.1 Å². The molecule has 0 saturated carbocycles. The van der Waals surface area contributed by atoms with Gasteiger partial charge in [0.15, 0.2) is 0 Å². The second-order valence-corrected chi connectivity index (χ2v) is 4.62. The fourth-order valence-corrected chi connectivity index (χ4v) is 2.77. The highest BCUT2D eigenvalue weighted by Gasteiger charge is 2.02. The van der Waals surface area contributed by atoms with Gasteiger partial charge in [-0.25, -0.2) is 4.98 Å². The Balaban J connectivity index is 2.37. The minimum absolute atomic E-state index is 0.701. The van der Waals surface area contributed by atoms with Gasteiger partial charge in [-0.15, -0.1) is 23.1 Å². The molecule has 0 bridgehead atoms. The van der Waals surface area contributed by atoms with Gasteiger partial charge in [0.05, 0.1) is 0 Å². The fourth-order valence-electron chi connectivity index (χ4n) is 1.14. The van der Waals surface area contributed by atoms with E-state index in [9.17, 15) is 0 Å². The molecule has 4 heteroatoms. The summed E-state index contributed by atoms with van der Waals surface area (Å²) in [6.07, 6.45) is 1.86. The van der Waals surface area contributed by atoms with Gasteiger partial charge >= 0.3 is 0 Å². The molecule has 0 aliphatic heterocycles. The number of hydrogen-bond acceptors (Lipinski definition) is 4. The Morgan fingerprint density at radius 2 is 2.38 bits per heavy atom. The molecule has 0 aliphatic rings. The Morgan fingerprint density at radius 3 is 3.23 bits per heavy atom. The van der Waals surface area contributed by atoms with E-state index in [1.165, 1.54) is 10.1 Å². The molecule has 13 heavy (non-hydrogen) atoms. The van der Waals surface area contributed by atoms with Crippen molar-refractivity contribution in [2.75, 3.05) is 12.3 Å². The number of aromatic nitrogens is 1. The van der Waals surface area contributed by atoms with Gasteiger partial charge in [0.25, 0.3) is 0 Å². The van der Waals surface area contributed by atoms with Crippen molar-refractivity contribution in [3.63, 3.8) is 0 Å². The van der Waals surface area contributed by atoms with Crippen LogP contribution in [0.15, 0.2) is 28.7 Å². The molecule has 0 atom stereocenters. The Bertz CT molecular complexity index is 397. The van der Waals surface area contributed by atoms with Crippen LogP contribution in [0.3, 0.4) is 0 Å². The molecule has 2 rings (SSSR count). The zero-order valence-corrected chi connectivity index (χ0v) is 8.70. The molecule has 0 aromatic carbocycles. The lowest BCUT2D eigenvalue weighted by Gasteiger charge is -1.99. The monoisotopic (exact) mass is 210 g/mol. The van der Waals surface area contributed by atoms with Crippen molar-refractivity contribution in [3.8, 4) is 0 Å². The van der Waals surface area contributed by atoms with Gasteiger partial charge < -0.3 is 5.73 Å². The van der Waals surface area contributed by atoms with Crippen molar-refractivity contribution < 1.29 is 0 Å². The quantitative estimate of drug-likeness (QED) is 0.790. The molecule has 0 unspecified atom stereocenters. The smallest absolute Gasteiger partial charge is 0.105 e. The first-order valence-electron chi connectivity index (χ1n) is 4.07. The maximum atomic E-state index is 5.45. The highest BCUT2D eigenvalue weighted by Crippen LogP contribution is 2.28. The van der Waals surface area contributed by atoms with E-state index >= 15 is 0 Å². The summed E-state index contributed by atoms with van der Waals surface area (Å²) in [7, 11) is 0. The zero-order valence-electron chi connectivity index (χ0n) is 7.06. The van der Waals surface area contributed by atoms with Crippen LogP contribution in [0, 0.1) is 0 Å². The van der Waals surface area contributed by atoms with E-state index in [1.807, 2.05) is 12.3 Å². The Kier molecular flexibility index (Phi) is 2.83. The lowest BCUT2D eigenvalue weighted by molar-refractivity contribution is 1.13. The lowest BCUT2D eigenvalue weighted by Crippen LogP contribution is -2.01. The summed E-state index contributed by atoms with van der Waals surface area (Å²) in [4.78, 5) is 4.33. The summed E-state index contributed by atoms with van der Waals surface area (Å²) >= 11 is 3.48. The number of fused-ring (bicyclic) bond motifs is 1. The summed E-state index contributed by atoms with van der Waals surface area (Å²) in [6.45, 7) is 0.701. The number of thiophene rings is 1. The van der Waals surface area contributed by atoms with E-state index in [0.717, 1.165) is 10.8 Å². The largest absolute Gasteiger partial charge is 0.330 e. The summed E-state index contributed by atoms with van der Waals surface area (Å²) in [6, 6.07) is 4.17. The maximum Gasteiger partial charge on any atom is 0.105 e. The van der Waals surface area contributed by atoms with Gasteiger partial charge in [0, 0.05) is 28.6 Å². The molecule has 0 spiro atoms. The minimum Gasteiger partial charge on any atom is -0.330 e. The molecule has 2 aromatic heterocycles. The first-order valence-corrected chi connectivity index (χ1v) is 5.93. The molecule has 68 valence electrons. The van der Waals surface area contributed by atoms with Gasteiger partial charge in [-0.05, 0) is 17.5 Å². The topological polar surface area (TPSA) is 38.9 Å². The van der Waals surface area contributed by atoms with Gasteiger partial charge in [-0.2, -0.15) is 0 Å². The Labute approximate surface area is 85.2 Å². The average Bonchev–Trinajstić information content (AvgIpc) is 2.62. The van der Waals surface area contributed by atoms with Crippen LogP contribution in [0.1, 0.15) is 0 Å². The highest BCUT2D eigenvalue weighted by atomic mass is 32.2. The molecule has 2 N–H and O–H groups in total. The third kappa shape index (κ3) is 1.85. The van der Waals surface area contributed by atoms with Crippen molar-refractivity contribution in [1.29, 1.82) is 0 Å². The number of nitrogens with two attached hydrogens (primary N) is 1. The van der Waals surface area contributed by atoms with Crippen molar-refractivity contribution in [3.05, 3.63) is 23.7 Å². The first-order chi connectivity index (χ1) is 6.42. The van der Waals surface area contributed by atoms with Crippen LogP contribution < -0.4 is 5.73 Å². The van der Waals surface area contributed by atoms with Crippen molar-refractivity contribution in [2.24, 2.45) is 5.73 Å². The lowest BCUT2D eigenvalue weighted by atomic mass is 10.3. The van der Waals surface area contributed by atoms with E-state index in [0.29, 0.717) is 6.54 Å². The zero-order chi connectivity index (χ0) is 9.10. The third-order valence-electron chi connectivity index (χ3n) is 1.70. The molecule has 0 aliphatic carbocycles. The summed E-state index contributed by atoms with van der Waals surface area (Å²) in [5, 5.41) is 4.45. The predicted octanol–water partition coefficient (Wildman–Crippen LogP) is 2.35. The Morgan fingerprint density at radius 1 is 1.46 bits per heavy atom. The molecular weight excluding hydrogens is 200 g/mol. The minimum atomic E-state index is 0.701. The van der Waals surface area contributed by atoms with E-state index in [-0.39, 0.29) is 0 Å². The van der Waals surface area contributed by atoms with E-state index < -0.39 is 0 Å². The predicted molar refractivity (Wildman–Crippen MR) is 59.4 cm³/mol. The van der Waals surface area contributed by atoms with E-state index in [1.54, 1.807) is 23.1 Å². The molecule has 0 radical (unpaired) electrons. The van der Waals surface area contributed by atoms with Crippen LogP contribution in [0.25, 0.3) is 10.1 Å². The fraction of sp³-hybridized carbons (Fsp3) is 0.222. The van der Waals surface area contributed by atoms with Gasteiger partial charge in [0.1, 0.15) is 5.03 Å². The summed E-state index contributed by atoms with van der Waals surface area (Å²) in [5.74, 6) is 0.932. The maximum absolute atomic E-state index is 5.45. The van der Waals surface area contributed by atoms with Crippen molar-refractivity contribution in [1.82, 2.24) is 4.98 Å². The second kappa shape index (κ2) is 4.09. The van der Waals surface area contributed by atoms with Crippen LogP contribution in [0.2, 0.25) is 0 Å². The molecule has 2 aromatic rings.